The molecule has 2 aliphatic heterocycles. The fourth-order valence-electron chi connectivity index (χ4n) is 3.82. The number of non-ortho nitro benzene ring substituents is 1. The van der Waals surface area contributed by atoms with E-state index < -0.39 is 51.0 Å². The first-order valence-corrected chi connectivity index (χ1v) is 11.9. The van der Waals surface area contributed by atoms with Gasteiger partial charge in [0.1, 0.15) is 23.8 Å². The fourth-order valence-corrected chi connectivity index (χ4v) is 5.49. The normalized spacial score (nSPS) is 23.0. The average molecular weight is 500 g/mol. The number of benzene rings is 2. The summed E-state index contributed by atoms with van der Waals surface area (Å²) in [6.45, 7) is 3.28. The minimum Gasteiger partial charge on any atom is -0.484 e. The van der Waals surface area contributed by atoms with Gasteiger partial charge in [-0.2, -0.15) is 0 Å². The Labute approximate surface area is 202 Å². The van der Waals surface area contributed by atoms with Crippen molar-refractivity contribution in [3.63, 3.8) is 0 Å². The molecule has 2 saturated heterocycles. The zero-order valence-electron chi connectivity index (χ0n) is 18.3. The highest BCUT2D eigenvalue weighted by Crippen LogP contribution is 2.34. The van der Waals surface area contributed by atoms with Crippen LogP contribution in [0.5, 0.6) is 5.75 Å². The molecule has 4 atom stereocenters. The SMILES string of the molecule is C=C1C[S@](=O)[C@@H]2[C@H](NC(=O)COc3ccccc3)C(=O)N2[C@@H]1C(=O)OCc1ccc([N+](=O)[O-])cc1. The molecule has 0 aromatic heterocycles. The minimum absolute atomic E-state index is 0.0291. The van der Waals surface area contributed by atoms with Gasteiger partial charge in [-0.05, 0) is 35.4 Å². The smallest absolute Gasteiger partial charge is 0.333 e. The number of hydrogen-bond acceptors (Lipinski definition) is 8. The van der Waals surface area contributed by atoms with Crippen LogP contribution < -0.4 is 10.1 Å². The molecular formula is C23H21N3O8S. The summed E-state index contributed by atoms with van der Waals surface area (Å²) in [5, 5.41) is 12.4. The Morgan fingerprint density at radius 1 is 1.17 bits per heavy atom. The van der Waals surface area contributed by atoms with Gasteiger partial charge in [-0.25, -0.2) is 4.79 Å². The van der Waals surface area contributed by atoms with Gasteiger partial charge in [0.15, 0.2) is 12.6 Å². The van der Waals surface area contributed by atoms with E-state index in [9.17, 15) is 28.7 Å². The van der Waals surface area contributed by atoms with Crippen molar-refractivity contribution in [1.29, 1.82) is 0 Å². The number of amides is 2. The standard InChI is InChI=1S/C23H21N3O8S/c1-14-13-35(32)22-19(24-18(27)12-33-17-5-3-2-4-6-17)21(28)25(22)20(14)23(29)34-11-15-7-9-16(10-8-15)26(30)31/h2-10,19-20,22H,1,11-13H2,(H,24,27)/t19-,20+,22-,35+/m1/s1. The number of carbonyl (C=O) groups excluding carboxylic acids is 3. The molecule has 0 bridgehead atoms. The van der Waals surface area contributed by atoms with E-state index in [1.165, 1.54) is 24.3 Å². The molecule has 11 nitrogen and oxygen atoms in total. The summed E-state index contributed by atoms with van der Waals surface area (Å²) in [5.74, 6) is -1.45. The van der Waals surface area contributed by atoms with Crippen molar-refractivity contribution in [2.24, 2.45) is 0 Å². The number of nitrogens with zero attached hydrogens (tertiary/aromatic N) is 2. The van der Waals surface area contributed by atoms with Crippen molar-refractivity contribution in [3.05, 3.63) is 82.4 Å². The third kappa shape index (κ3) is 5.06. The Morgan fingerprint density at radius 3 is 2.51 bits per heavy atom. The van der Waals surface area contributed by atoms with Crippen LogP contribution in [-0.4, -0.2) is 61.6 Å². The second-order valence-electron chi connectivity index (χ2n) is 7.90. The maximum Gasteiger partial charge on any atom is 0.333 e. The van der Waals surface area contributed by atoms with Gasteiger partial charge in [-0.3, -0.25) is 23.9 Å². The lowest BCUT2D eigenvalue weighted by atomic mass is 9.98. The molecule has 0 unspecified atom stereocenters. The van der Waals surface area contributed by atoms with E-state index in [4.69, 9.17) is 9.47 Å². The van der Waals surface area contributed by atoms with Crippen LogP contribution in [0.15, 0.2) is 66.7 Å². The summed E-state index contributed by atoms with van der Waals surface area (Å²) >= 11 is 0. The van der Waals surface area contributed by atoms with Crippen molar-refractivity contribution in [1.82, 2.24) is 10.2 Å². The molecule has 0 spiro atoms. The number of nitro groups is 1. The zero-order chi connectivity index (χ0) is 25.1. The monoisotopic (exact) mass is 499 g/mol. The molecule has 12 heteroatoms. The lowest BCUT2D eigenvalue weighted by Crippen LogP contribution is -2.77. The van der Waals surface area contributed by atoms with Crippen molar-refractivity contribution in [2.75, 3.05) is 12.4 Å². The van der Waals surface area contributed by atoms with E-state index in [1.54, 1.807) is 30.3 Å². The maximum atomic E-state index is 12.8. The topological polar surface area (TPSA) is 145 Å². The summed E-state index contributed by atoms with van der Waals surface area (Å²) in [5.41, 5.74) is 0.683. The Morgan fingerprint density at radius 2 is 1.86 bits per heavy atom. The quantitative estimate of drug-likeness (QED) is 0.187. The van der Waals surface area contributed by atoms with E-state index in [0.717, 1.165) is 4.90 Å². The lowest BCUT2D eigenvalue weighted by Gasteiger charge is -2.52. The van der Waals surface area contributed by atoms with Gasteiger partial charge < -0.3 is 19.7 Å². The predicted octanol–water partition coefficient (Wildman–Crippen LogP) is 1.06. The second kappa shape index (κ2) is 10.1. The molecule has 2 aromatic rings. The number of fused-ring (bicyclic) bond motifs is 1. The van der Waals surface area contributed by atoms with E-state index in [1.807, 2.05) is 0 Å². The molecule has 0 saturated carbocycles. The van der Waals surface area contributed by atoms with Crippen molar-refractivity contribution < 1.29 is 33.0 Å². The predicted molar refractivity (Wildman–Crippen MR) is 123 cm³/mol. The third-order valence-corrected chi connectivity index (χ3v) is 7.22. The number of esters is 1. The molecule has 0 aliphatic carbocycles. The number of rotatable bonds is 8. The van der Waals surface area contributed by atoms with Crippen LogP contribution in [0.2, 0.25) is 0 Å². The highest BCUT2D eigenvalue weighted by Gasteiger charge is 2.59. The Hall–Kier alpha value is -4.06. The molecular weight excluding hydrogens is 478 g/mol. The van der Waals surface area contributed by atoms with E-state index >= 15 is 0 Å². The molecule has 2 aromatic carbocycles. The van der Waals surface area contributed by atoms with Crippen LogP contribution in [-0.2, 0) is 36.5 Å². The van der Waals surface area contributed by atoms with Crippen LogP contribution in [0.4, 0.5) is 5.69 Å². The first kappa shape index (κ1) is 24.1. The Bertz CT molecular complexity index is 1200. The number of ether oxygens (including phenoxy) is 2. The van der Waals surface area contributed by atoms with Gasteiger partial charge in [-0.1, -0.05) is 24.8 Å². The Kier molecular flexibility index (Phi) is 6.92. The number of nitrogens with one attached hydrogen (secondary N) is 1. The van der Waals surface area contributed by atoms with Crippen LogP contribution in [0.1, 0.15) is 5.56 Å². The molecule has 2 aliphatic rings. The number of nitro benzene ring substituents is 1. The fraction of sp³-hybridized carbons (Fsp3) is 0.261. The largest absolute Gasteiger partial charge is 0.484 e. The molecule has 1 N–H and O–H groups in total. The van der Waals surface area contributed by atoms with Crippen LogP contribution in [0, 0.1) is 10.1 Å². The minimum atomic E-state index is -1.57. The summed E-state index contributed by atoms with van der Waals surface area (Å²) in [4.78, 5) is 49.2. The number of hydrogen-bond donors (Lipinski definition) is 1. The highest BCUT2D eigenvalue weighted by atomic mass is 32.2. The summed E-state index contributed by atoms with van der Waals surface area (Å²) in [7, 11) is -1.57. The first-order chi connectivity index (χ1) is 16.8. The zero-order valence-corrected chi connectivity index (χ0v) is 19.1. The Balaban J connectivity index is 1.36. The summed E-state index contributed by atoms with van der Waals surface area (Å²) in [6.07, 6.45) is 0. The van der Waals surface area contributed by atoms with Crippen LogP contribution in [0.3, 0.4) is 0 Å². The highest BCUT2D eigenvalue weighted by molar-refractivity contribution is 7.86. The third-order valence-electron chi connectivity index (χ3n) is 5.52. The van der Waals surface area contributed by atoms with Crippen LogP contribution >= 0.6 is 0 Å². The van der Waals surface area contributed by atoms with Gasteiger partial charge in [0.25, 0.3) is 11.6 Å². The van der Waals surface area contributed by atoms with E-state index in [0.29, 0.717) is 11.3 Å². The van der Waals surface area contributed by atoms with Crippen molar-refractivity contribution in [3.8, 4) is 5.75 Å². The molecule has 182 valence electrons. The average Bonchev–Trinajstić information content (AvgIpc) is 2.85. The molecule has 4 rings (SSSR count). The molecule has 0 radical (unpaired) electrons. The number of carbonyl (C=O) groups is 3. The number of β-lactam (4-membered cyclic amide) rings is 1. The van der Waals surface area contributed by atoms with Gasteiger partial charge >= 0.3 is 5.97 Å². The molecule has 2 amide bonds. The lowest BCUT2D eigenvalue weighted by molar-refractivity contribution is -0.384. The molecule has 2 fully saturated rings. The van der Waals surface area contributed by atoms with Gasteiger partial charge in [-0.15, -0.1) is 0 Å². The van der Waals surface area contributed by atoms with E-state index in [-0.39, 0.29) is 30.2 Å². The first-order valence-electron chi connectivity index (χ1n) is 10.5. The maximum absolute atomic E-state index is 12.8. The van der Waals surface area contributed by atoms with Gasteiger partial charge in [0.05, 0.1) is 15.7 Å². The van der Waals surface area contributed by atoms with E-state index in [2.05, 4.69) is 11.9 Å². The summed E-state index contributed by atoms with van der Waals surface area (Å²) in [6, 6.07) is 11.9. The molecule has 35 heavy (non-hydrogen) atoms. The van der Waals surface area contributed by atoms with Crippen molar-refractivity contribution >= 4 is 34.3 Å². The van der Waals surface area contributed by atoms with Crippen LogP contribution in [0.25, 0.3) is 0 Å². The second-order valence-corrected chi connectivity index (χ2v) is 9.43. The number of para-hydroxylation sites is 1. The summed E-state index contributed by atoms with van der Waals surface area (Å²) < 4.78 is 23.4. The van der Waals surface area contributed by atoms with Gasteiger partial charge in [0, 0.05) is 17.9 Å². The van der Waals surface area contributed by atoms with Crippen molar-refractivity contribution in [2.45, 2.75) is 24.1 Å². The molecule has 2 heterocycles. The van der Waals surface area contributed by atoms with Gasteiger partial charge in [0.2, 0.25) is 5.91 Å².